The first kappa shape index (κ1) is 43.1. The van der Waals surface area contributed by atoms with Gasteiger partial charge in [-0.1, -0.05) is 34.1 Å². The molecule has 5 N–H and O–H groups in total. The number of aryl methyl sites for hydroxylation is 2. The van der Waals surface area contributed by atoms with Gasteiger partial charge in [0.25, 0.3) is 11.8 Å². The molecule has 0 spiro atoms. The van der Waals surface area contributed by atoms with E-state index in [2.05, 4.69) is 50.3 Å². The lowest BCUT2D eigenvalue weighted by Crippen LogP contribution is -2.27. The summed E-state index contributed by atoms with van der Waals surface area (Å²) in [6, 6.07) is 26.2. The Kier molecular flexibility index (Phi) is 15.0. The van der Waals surface area contributed by atoms with Crippen LogP contribution in [0.1, 0.15) is 44.7 Å². The number of anilines is 2. The Hall–Kier alpha value is -6.52. The number of pyridine rings is 4. The quantitative estimate of drug-likeness (QED) is 0.127. The van der Waals surface area contributed by atoms with Crippen LogP contribution >= 0.6 is 15.9 Å². The van der Waals surface area contributed by atoms with Gasteiger partial charge in [-0.15, -0.1) is 0 Å². The van der Waals surface area contributed by atoms with E-state index < -0.39 is 11.8 Å². The van der Waals surface area contributed by atoms with Crippen molar-refractivity contribution in [1.82, 2.24) is 19.9 Å². The van der Waals surface area contributed by atoms with Gasteiger partial charge in [-0.3, -0.25) is 19.6 Å². The number of aromatic nitrogens is 4. The molecular weight excluding hydrogens is 827 g/mol. The molecule has 0 bridgehead atoms. The zero-order valence-corrected chi connectivity index (χ0v) is 34.8. The topological polar surface area (TPSA) is 192 Å². The molecule has 307 valence electrons. The van der Waals surface area contributed by atoms with Crippen LogP contribution in [-0.4, -0.2) is 82.8 Å². The summed E-state index contributed by atoms with van der Waals surface area (Å²) in [5.41, 5.74) is 18.0. The molecule has 4 aromatic heterocycles. The minimum Gasteiger partial charge on any atom is -0.537 e. The van der Waals surface area contributed by atoms with Crippen molar-refractivity contribution >= 4 is 46.8 Å². The van der Waals surface area contributed by atoms with Crippen molar-refractivity contribution in [3.63, 3.8) is 0 Å². The molecule has 2 fully saturated rings. The SMILES string of the molecule is Cc1ccc(O[C@H]2CCN(c3ccc(-c4ccncc4)cc3C(N)=O)C2)nc1.Cc1ccc(O[C@H]2CCN(c3ccc(Br)cc3C(N)=O)C2)nc1.O[B]Oc1ccncc1. The van der Waals surface area contributed by atoms with E-state index in [9.17, 15) is 9.59 Å². The molecule has 2 atom stereocenters. The third-order valence-corrected chi connectivity index (χ3v) is 10.1. The summed E-state index contributed by atoms with van der Waals surface area (Å²) in [7, 11) is 0.634. The number of hydrogen-bond donors (Lipinski definition) is 3. The van der Waals surface area contributed by atoms with Gasteiger partial charge in [0.1, 0.15) is 18.0 Å². The molecule has 60 heavy (non-hydrogen) atoms. The third-order valence-electron chi connectivity index (χ3n) is 9.65. The number of amides is 2. The summed E-state index contributed by atoms with van der Waals surface area (Å²) in [6.45, 7) is 6.99. The summed E-state index contributed by atoms with van der Waals surface area (Å²) in [5, 5.41) is 8.15. The van der Waals surface area contributed by atoms with Crippen molar-refractivity contribution in [3.8, 4) is 28.6 Å². The fraction of sp³-hybridized carbons (Fsp3) is 0.227. The van der Waals surface area contributed by atoms with Gasteiger partial charge in [-0.25, -0.2) is 9.97 Å². The van der Waals surface area contributed by atoms with E-state index in [0.717, 1.165) is 64.0 Å². The van der Waals surface area contributed by atoms with Crippen molar-refractivity contribution in [1.29, 1.82) is 0 Å². The maximum absolute atomic E-state index is 12.1. The highest BCUT2D eigenvalue weighted by atomic mass is 79.9. The van der Waals surface area contributed by atoms with Gasteiger partial charge < -0.3 is 40.4 Å². The lowest BCUT2D eigenvalue weighted by atomic mass is 10.0. The maximum atomic E-state index is 12.1. The molecule has 8 rings (SSSR count). The van der Waals surface area contributed by atoms with Crippen LogP contribution in [0.15, 0.2) is 127 Å². The Balaban J connectivity index is 0.000000169. The fourth-order valence-corrected chi connectivity index (χ4v) is 7.03. The lowest BCUT2D eigenvalue weighted by Gasteiger charge is -2.22. The van der Waals surface area contributed by atoms with Gasteiger partial charge in [-0.2, -0.15) is 0 Å². The highest BCUT2D eigenvalue weighted by Crippen LogP contribution is 2.31. The van der Waals surface area contributed by atoms with Gasteiger partial charge >= 0.3 is 7.69 Å². The summed E-state index contributed by atoms with van der Waals surface area (Å²) in [4.78, 5) is 44.4. The summed E-state index contributed by atoms with van der Waals surface area (Å²) < 4.78 is 17.4. The minimum absolute atomic E-state index is 0.0239. The Morgan fingerprint density at radius 3 is 1.67 bits per heavy atom. The van der Waals surface area contributed by atoms with Crippen LogP contribution in [-0.2, 0) is 0 Å². The van der Waals surface area contributed by atoms with Gasteiger partial charge in [0, 0.05) is 91.1 Å². The van der Waals surface area contributed by atoms with Crippen LogP contribution in [0.4, 0.5) is 11.4 Å². The van der Waals surface area contributed by atoms with Crippen LogP contribution in [0.2, 0.25) is 0 Å². The Morgan fingerprint density at radius 2 is 1.18 bits per heavy atom. The number of carbonyl (C=O) groups excluding carboxylic acids is 2. The minimum atomic E-state index is -0.435. The average molecular weight is 873 g/mol. The molecule has 6 heterocycles. The second-order valence-electron chi connectivity index (χ2n) is 14.1. The predicted molar refractivity (Wildman–Crippen MR) is 234 cm³/mol. The maximum Gasteiger partial charge on any atom is 0.569 e. The van der Waals surface area contributed by atoms with E-state index in [1.54, 1.807) is 55.4 Å². The van der Waals surface area contributed by atoms with Crippen molar-refractivity contribution in [2.45, 2.75) is 38.9 Å². The lowest BCUT2D eigenvalue weighted by molar-refractivity contribution is 0.0992. The molecule has 2 aromatic carbocycles. The van der Waals surface area contributed by atoms with Crippen LogP contribution in [0.25, 0.3) is 11.1 Å². The highest BCUT2D eigenvalue weighted by molar-refractivity contribution is 9.10. The molecule has 2 aliphatic rings. The Bertz CT molecular complexity index is 2330. The molecule has 0 saturated carbocycles. The van der Waals surface area contributed by atoms with Gasteiger partial charge in [0.15, 0.2) is 0 Å². The van der Waals surface area contributed by atoms with Crippen LogP contribution < -0.4 is 35.4 Å². The predicted octanol–water partition coefficient (Wildman–Crippen LogP) is 6.10. The van der Waals surface area contributed by atoms with Crippen molar-refractivity contribution in [3.05, 3.63) is 149 Å². The molecule has 2 aliphatic heterocycles. The van der Waals surface area contributed by atoms with E-state index >= 15 is 0 Å². The van der Waals surface area contributed by atoms with E-state index in [4.69, 9.17) is 26.0 Å². The van der Waals surface area contributed by atoms with Gasteiger partial charge in [-0.05, 0) is 90.7 Å². The van der Waals surface area contributed by atoms with Crippen LogP contribution in [0, 0.1) is 13.8 Å². The number of primary amides is 2. The smallest absolute Gasteiger partial charge is 0.537 e. The first-order valence-corrected chi connectivity index (χ1v) is 20.0. The highest BCUT2D eigenvalue weighted by Gasteiger charge is 2.28. The normalized spacial score (nSPS) is 15.5. The second-order valence-corrected chi connectivity index (χ2v) is 15.0. The summed E-state index contributed by atoms with van der Waals surface area (Å²) in [5.74, 6) is 0.975. The number of benzene rings is 2. The number of carbonyl (C=O) groups is 2. The number of nitrogens with zero attached hydrogens (tertiary/aromatic N) is 6. The first-order valence-electron chi connectivity index (χ1n) is 19.2. The summed E-state index contributed by atoms with van der Waals surface area (Å²) >= 11 is 3.38. The Labute approximate surface area is 358 Å². The number of hydrogen-bond acceptors (Lipinski definition) is 12. The molecule has 6 aromatic rings. The van der Waals surface area contributed by atoms with Crippen molar-refractivity contribution in [2.24, 2.45) is 11.5 Å². The Morgan fingerprint density at radius 1 is 0.683 bits per heavy atom. The van der Waals surface area contributed by atoms with Crippen molar-refractivity contribution in [2.75, 3.05) is 36.0 Å². The van der Waals surface area contributed by atoms with E-state index in [-0.39, 0.29) is 12.2 Å². The first-order chi connectivity index (χ1) is 29.1. The number of rotatable bonds is 11. The standard InChI is InChI=1S/C22H22N4O2.C17H18BrN3O2.C5H5BNO2/c1-15-2-5-21(25-13-15)28-18-8-11-26(14-18)20-4-3-17(12-19(20)22(23)27)16-6-9-24-10-7-16;1-11-2-5-16(20-9-11)23-13-6-7-21(10-13)15-4-3-12(18)8-14(15)17(19)22;8-6-9-5-1-3-7-4-2-5/h2-7,9-10,12-13,18H,8,11,14H2,1H3,(H2,23,27);2-5,8-9,13H,6-7,10H2,1H3,(H2,19,22);1-4,8H/t18-;13-;/m00./s1. The van der Waals surface area contributed by atoms with E-state index in [1.165, 1.54) is 0 Å². The molecule has 0 aliphatic carbocycles. The molecule has 16 heteroatoms. The van der Waals surface area contributed by atoms with Crippen LogP contribution in [0.3, 0.4) is 0 Å². The molecule has 0 unspecified atom stereocenters. The van der Waals surface area contributed by atoms with E-state index in [1.807, 2.05) is 80.6 Å². The largest absolute Gasteiger partial charge is 0.569 e. The van der Waals surface area contributed by atoms with Crippen molar-refractivity contribution < 1.29 is 28.7 Å². The third kappa shape index (κ3) is 12.0. The van der Waals surface area contributed by atoms with Crippen LogP contribution in [0.5, 0.6) is 17.5 Å². The van der Waals surface area contributed by atoms with Gasteiger partial charge in [0.05, 0.1) is 24.2 Å². The molecular formula is C44H45BBrN8O6. The monoisotopic (exact) mass is 871 g/mol. The number of halogens is 1. The zero-order chi connectivity index (χ0) is 42.4. The zero-order valence-electron chi connectivity index (χ0n) is 33.2. The summed E-state index contributed by atoms with van der Waals surface area (Å²) in [6.07, 6.45) is 12.0. The average Bonchev–Trinajstić information content (AvgIpc) is 3.93. The number of ether oxygens (including phenoxy) is 2. The molecule has 2 saturated heterocycles. The molecule has 14 nitrogen and oxygen atoms in total. The number of nitrogens with two attached hydrogens (primary N) is 2. The fourth-order valence-electron chi connectivity index (χ4n) is 6.67. The van der Waals surface area contributed by atoms with E-state index in [0.29, 0.717) is 49.4 Å². The van der Waals surface area contributed by atoms with Gasteiger partial charge in [0.2, 0.25) is 11.8 Å². The molecule has 1 radical (unpaired) electrons. The molecule has 2 amide bonds. The second kappa shape index (κ2) is 21.0.